The third-order valence-electron chi connectivity index (χ3n) is 10.7. The maximum atomic E-state index is 13.0. The highest BCUT2D eigenvalue weighted by Gasteiger charge is 2.53. The normalized spacial score (nSPS) is 22.5. The standard InChI is InChI=1S/C41H80O15P2S/c1-3-5-7-9-11-13-15-17-19-21-23-25-27-29-34(42)52-31-33(54-35(43)30-28-26-24-22-20-18-16-14-12-10-8-6-4-2)32-53-57(48,49)55-40-37(45)36(44)38(46)41(39(40)47)56-58(50,51)59/h33,36-41,44-47H,3-32H2,1-2H3,(H,48,49)(H2,50,51,59)/t33-,36-,37-,38+,39+,40+,41-/m1/s1. The summed E-state index contributed by atoms with van der Waals surface area (Å²) in [5, 5.41) is 41.4. The fraction of sp³-hybridized carbons (Fsp3) is 0.951. The van der Waals surface area contributed by atoms with Crippen molar-refractivity contribution in [2.24, 2.45) is 0 Å². The molecule has 0 radical (unpaired) electrons. The number of ether oxygens (including phenoxy) is 2. The number of unbranched alkanes of at least 4 members (excludes halogenated alkanes) is 24. The number of aliphatic hydroxyl groups is 4. The number of hydrogen-bond acceptors (Lipinski definition) is 13. The van der Waals surface area contributed by atoms with E-state index < -0.39 is 82.4 Å². The molecule has 1 saturated carbocycles. The molecule has 0 saturated heterocycles. The summed E-state index contributed by atoms with van der Waals surface area (Å²) in [6.45, 7) is -1.35. The molecule has 1 aliphatic carbocycles. The summed E-state index contributed by atoms with van der Waals surface area (Å²) in [5.74, 6) is -1.16. The van der Waals surface area contributed by atoms with Gasteiger partial charge in [-0.1, -0.05) is 168 Å². The molecule has 0 bridgehead atoms. The predicted octanol–water partition coefficient (Wildman–Crippen LogP) is 7.96. The Morgan fingerprint density at radius 3 is 1.25 bits per heavy atom. The quantitative estimate of drug-likeness (QED) is 0.0177. The topological polar surface area (TPSA) is 239 Å². The Kier molecular flexibility index (Phi) is 32.4. The van der Waals surface area contributed by atoms with E-state index in [9.17, 15) is 49.3 Å². The van der Waals surface area contributed by atoms with Crippen LogP contribution in [0.25, 0.3) is 0 Å². The first kappa shape index (κ1) is 56.4. The van der Waals surface area contributed by atoms with Crippen molar-refractivity contribution in [3.05, 3.63) is 0 Å². The first-order chi connectivity index (χ1) is 28.1. The molecule has 1 aliphatic rings. The van der Waals surface area contributed by atoms with Crippen molar-refractivity contribution < 1.29 is 72.3 Å². The van der Waals surface area contributed by atoms with Gasteiger partial charge in [-0.3, -0.25) is 23.2 Å². The van der Waals surface area contributed by atoms with Crippen molar-refractivity contribution in [3.63, 3.8) is 0 Å². The van der Waals surface area contributed by atoms with E-state index in [4.69, 9.17) is 23.0 Å². The summed E-state index contributed by atoms with van der Waals surface area (Å²) in [6, 6.07) is 0. The van der Waals surface area contributed by atoms with Crippen LogP contribution >= 0.6 is 14.5 Å². The minimum atomic E-state index is -5.24. The second-order valence-corrected chi connectivity index (χ2v) is 20.2. The predicted molar refractivity (Wildman–Crippen MR) is 230 cm³/mol. The molecular formula is C41H80O15P2S. The Hall–Kier alpha value is -0.580. The van der Waals surface area contributed by atoms with Gasteiger partial charge in [0.2, 0.25) is 0 Å². The smallest absolute Gasteiger partial charge is 0.462 e. The SMILES string of the molecule is CCCCCCCCCCCCCCCC(=O)OC[C@H](COP(=O)(O)O[C@@H]1[C@H](O)[C@H](OP(O)(O)=S)[C@@H](O)[C@H](O)[C@H]1O)OC(=O)CCCCCCCCCCCCCCC. The molecule has 0 aromatic rings. The van der Waals surface area contributed by atoms with Crippen molar-refractivity contribution in [3.8, 4) is 0 Å². The molecule has 0 aromatic carbocycles. The van der Waals surface area contributed by atoms with E-state index in [1.807, 2.05) is 0 Å². The highest BCUT2D eigenvalue weighted by Crippen LogP contribution is 2.49. The van der Waals surface area contributed by atoms with Crippen LogP contribution in [0.4, 0.5) is 0 Å². The van der Waals surface area contributed by atoms with Gasteiger partial charge >= 0.3 is 26.5 Å². The summed E-state index contributed by atoms with van der Waals surface area (Å²) in [5.41, 5.74) is 0. The Balaban J connectivity index is 2.61. The van der Waals surface area contributed by atoms with E-state index in [2.05, 4.69) is 25.7 Å². The van der Waals surface area contributed by atoms with Gasteiger partial charge < -0.3 is 44.6 Å². The molecule has 18 heteroatoms. The molecule has 350 valence electrons. The zero-order chi connectivity index (χ0) is 43.9. The molecule has 0 spiro atoms. The van der Waals surface area contributed by atoms with E-state index in [0.29, 0.717) is 12.8 Å². The van der Waals surface area contributed by atoms with Gasteiger partial charge in [-0.25, -0.2) is 4.57 Å². The fourth-order valence-corrected chi connectivity index (χ4v) is 8.98. The molecule has 8 atom stereocenters. The zero-order valence-corrected chi connectivity index (χ0v) is 38.6. The van der Waals surface area contributed by atoms with Crippen LogP contribution < -0.4 is 0 Å². The second kappa shape index (κ2) is 33.9. The van der Waals surface area contributed by atoms with Gasteiger partial charge in [-0.15, -0.1) is 0 Å². The fourth-order valence-electron chi connectivity index (χ4n) is 7.14. The van der Waals surface area contributed by atoms with E-state index in [0.717, 1.165) is 44.9 Å². The highest BCUT2D eigenvalue weighted by atomic mass is 32.5. The first-order valence-electron chi connectivity index (χ1n) is 22.6. The van der Waals surface area contributed by atoms with Crippen molar-refractivity contribution in [1.82, 2.24) is 0 Å². The van der Waals surface area contributed by atoms with Crippen LogP contribution in [-0.4, -0.2) is 103 Å². The number of hydrogen-bond donors (Lipinski definition) is 7. The Morgan fingerprint density at radius 2 is 0.864 bits per heavy atom. The number of phosphoric acid groups is 1. The molecule has 59 heavy (non-hydrogen) atoms. The van der Waals surface area contributed by atoms with Gasteiger partial charge in [0.1, 0.15) is 43.2 Å². The lowest BCUT2D eigenvalue weighted by atomic mass is 9.85. The van der Waals surface area contributed by atoms with E-state index in [1.54, 1.807) is 0 Å². The zero-order valence-electron chi connectivity index (χ0n) is 36.0. The van der Waals surface area contributed by atoms with Crippen molar-refractivity contribution in [2.45, 2.75) is 236 Å². The van der Waals surface area contributed by atoms with Crippen LogP contribution in [-0.2, 0) is 49.0 Å². The van der Waals surface area contributed by atoms with Crippen LogP contribution in [0.15, 0.2) is 0 Å². The van der Waals surface area contributed by atoms with E-state index in [-0.39, 0.29) is 12.8 Å². The number of rotatable bonds is 38. The lowest BCUT2D eigenvalue weighted by Gasteiger charge is -2.43. The third kappa shape index (κ3) is 28.7. The van der Waals surface area contributed by atoms with Crippen molar-refractivity contribution in [2.75, 3.05) is 13.2 Å². The van der Waals surface area contributed by atoms with Gasteiger partial charge in [0.25, 0.3) is 0 Å². The molecule has 0 amide bonds. The Bertz CT molecular complexity index is 1180. The summed E-state index contributed by atoms with van der Waals surface area (Å²) < 4.78 is 38.5. The molecule has 15 nitrogen and oxygen atoms in total. The van der Waals surface area contributed by atoms with Crippen LogP contribution in [0.5, 0.6) is 0 Å². The molecule has 1 fully saturated rings. The third-order valence-corrected chi connectivity index (χ3v) is 12.4. The van der Waals surface area contributed by atoms with Crippen LogP contribution in [0, 0.1) is 0 Å². The Labute approximate surface area is 359 Å². The molecule has 0 aromatic heterocycles. The number of esters is 2. The van der Waals surface area contributed by atoms with E-state index >= 15 is 0 Å². The molecule has 1 unspecified atom stereocenters. The van der Waals surface area contributed by atoms with Gasteiger partial charge in [0, 0.05) is 12.8 Å². The largest absolute Gasteiger partial charge is 0.472 e. The minimum absolute atomic E-state index is 0.0687. The summed E-state index contributed by atoms with van der Waals surface area (Å²) in [4.78, 5) is 54.9. The maximum Gasteiger partial charge on any atom is 0.472 e. The molecule has 7 N–H and O–H groups in total. The average molecular weight is 907 g/mol. The Morgan fingerprint density at radius 1 is 0.508 bits per heavy atom. The van der Waals surface area contributed by atoms with Gasteiger partial charge in [-0.05, 0) is 24.6 Å². The number of carbonyl (C=O) groups excluding carboxylic acids is 2. The molecule has 0 heterocycles. The van der Waals surface area contributed by atoms with Crippen LogP contribution in [0.2, 0.25) is 0 Å². The van der Waals surface area contributed by atoms with Crippen LogP contribution in [0.1, 0.15) is 194 Å². The van der Waals surface area contributed by atoms with Crippen molar-refractivity contribution >= 4 is 38.3 Å². The lowest BCUT2D eigenvalue weighted by Crippen LogP contribution is -2.64. The van der Waals surface area contributed by atoms with E-state index in [1.165, 1.54) is 109 Å². The molecule has 0 aliphatic heterocycles. The van der Waals surface area contributed by atoms with Crippen molar-refractivity contribution in [1.29, 1.82) is 0 Å². The lowest BCUT2D eigenvalue weighted by molar-refractivity contribution is -0.215. The average Bonchev–Trinajstić information content (AvgIpc) is 3.18. The molecule has 1 rings (SSSR count). The summed E-state index contributed by atoms with van der Waals surface area (Å²) in [6.07, 6.45) is 16.0. The molecular weight excluding hydrogens is 826 g/mol. The monoisotopic (exact) mass is 906 g/mol. The highest BCUT2D eigenvalue weighted by molar-refractivity contribution is 8.06. The minimum Gasteiger partial charge on any atom is -0.462 e. The van der Waals surface area contributed by atoms with Gasteiger partial charge in [-0.2, -0.15) is 0 Å². The summed E-state index contributed by atoms with van der Waals surface area (Å²) >= 11 is 4.37. The summed E-state index contributed by atoms with van der Waals surface area (Å²) in [7, 11) is -5.24. The number of aliphatic hydroxyl groups excluding tert-OH is 4. The van der Waals surface area contributed by atoms with Gasteiger partial charge in [0.05, 0.1) is 6.61 Å². The number of phosphoric ester groups is 1. The maximum absolute atomic E-state index is 13.0. The second-order valence-electron chi connectivity index (χ2n) is 16.1. The van der Waals surface area contributed by atoms with Crippen LogP contribution in [0.3, 0.4) is 0 Å². The van der Waals surface area contributed by atoms with Gasteiger partial charge in [0.15, 0.2) is 6.10 Å². The first-order valence-corrected chi connectivity index (χ1v) is 26.7. The number of carbonyl (C=O) groups is 2.